The highest BCUT2D eigenvalue weighted by Crippen LogP contribution is 2.41. The first-order valence-electron chi connectivity index (χ1n) is 9.67. The van der Waals surface area contributed by atoms with Crippen LogP contribution in [0.1, 0.15) is 34.8 Å². The van der Waals surface area contributed by atoms with Gasteiger partial charge >= 0.3 is 0 Å². The van der Waals surface area contributed by atoms with E-state index in [4.69, 9.17) is 0 Å². The van der Waals surface area contributed by atoms with Gasteiger partial charge in [0, 0.05) is 11.3 Å². The van der Waals surface area contributed by atoms with E-state index in [0.29, 0.717) is 11.5 Å². The number of hydrogen-bond acceptors (Lipinski definition) is 3. The van der Waals surface area contributed by atoms with Gasteiger partial charge in [0.25, 0.3) is 15.9 Å². The molecule has 0 radical (unpaired) electrons. The highest BCUT2D eigenvalue weighted by Gasteiger charge is 2.33. The van der Waals surface area contributed by atoms with Crippen molar-refractivity contribution < 1.29 is 17.6 Å². The van der Waals surface area contributed by atoms with Crippen LogP contribution in [0.2, 0.25) is 0 Å². The molecule has 0 spiro atoms. The Balaban J connectivity index is 1.47. The topological polar surface area (TPSA) is 75.3 Å². The van der Waals surface area contributed by atoms with Crippen LogP contribution in [0.4, 0.5) is 10.1 Å². The molecule has 2 N–H and O–H groups in total. The first-order valence-corrected chi connectivity index (χ1v) is 11.1. The van der Waals surface area contributed by atoms with Gasteiger partial charge in [-0.15, -0.1) is 0 Å². The van der Waals surface area contributed by atoms with E-state index in [1.807, 2.05) is 30.3 Å². The fourth-order valence-electron chi connectivity index (χ4n) is 3.31. The summed E-state index contributed by atoms with van der Waals surface area (Å²) < 4.78 is 40.4. The van der Waals surface area contributed by atoms with Crippen LogP contribution in [0.25, 0.3) is 0 Å². The predicted molar refractivity (Wildman–Crippen MR) is 113 cm³/mol. The van der Waals surface area contributed by atoms with Gasteiger partial charge in [0.15, 0.2) is 0 Å². The van der Waals surface area contributed by atoms with Crippen LogP contribution >= 0.6 is 0 Å². The summed E-state index contributed by atoms with van der Waals surface area (Å²) >= 11 is 0. The molecular weight excluding hydrogens is 403 g/mol. The second-order valence-electron chi connectivity index (χ2n) is 7.34. The number of halogens is 1. The summed E-state index contributed by atoms with van der Waals surface area (Å²) in [7, 11) is -3.84. The molecular formula is C23H21FN2O3S. The maximum absolute atomic E-state index is 13.0. The lowest BCUT2D eigenvalue weighted by Gasteiger charge is -2.19. The van der Waals surface area contributed by atoms with Crippen molar-refractivity contribution in [1.29, 1.82) is 0 Å². The maximum atomic E-state index is 13.0. The Hall–Kier alpha value is -3.19. The molecule has 1 fully saturated rings. The summed E-state index contributed by atoms with van der Waals surface area (Å²) in [6.45, 7) is 0. The van der Waals surface area contributed by atoms with Crippen molar-refractivity contribution in [3.63, 3.8) is 0 Å². The first-order chi connectivity index (χ1) is 14.4. The van der Waals surface area contributed by atoms with Gasteiger partial charge in [-0.05, 0) is 72.9 Å². The lowest BCUT2D eigenvalue weighted by Crippen LogP contribution is -2.29. The average Bonchev–Trinajstić information content (AvgIpc) is 3.59. The van der Waals surface area contributed by atoms with Crippen molar-refractivity contribution in [1.82, 2.24) is 5.32 Å². The molecule has 0 aliphatic heterocycles. The van der Waals surface area contributed by atoms with Crippen LogP contribution in [0.5, 0.6) is 0 Å². The summed E-state index contributed by atoms with van der Waals surface area (Å²) in [5, 5.41) is 3.08. The zero-order valence-corrected chi connectivity index (χ0v) is 16.9. The quantitative estimate of drug-likeness (QED) is 0.586. The Kier molecular flexibility index (Phi) is 5.55. The summed E-state index contributed by atoms with van der Waals surface area (Å²) in [6, 6.07) is 20.6. The number of rotatable bonds is 7. The fourth-order valence-corrected chi connectivity index (χ4v) is 4.36. The van der Waals surface area contributed by atoms with Crippen LogP contribution in [-0.2, 0) is 10.0 Å². The molecule has 3 aromatic rings. The van der Waals surface area contributed by atoms with Gasteiger partial charge in [-0.3, -0.25) is 9.52 Å². The van der Waals surface area contributed by atoms with E-state index in [1.165, 1.54) is 48.5 Å². The normalized spacial score (nSPS) is 14.7. The molecule has 1 unspecified atom stereocenters. The molecule has 3 aromatic carbocycles. The van der Waals surface area contributed by atoms with Gasteiger partial charge in [-0.1, -0.05) is 30.3 Å². The molecule has 30 heavy (non-hydrogen) atoms. The third-order valence-electron chi connectivity index (χ3n) is 5.06. The van der Waals surface area contributed by atoms with Crippen molar-refractivity contribution in [2.24, 2.45) is 5.92 Å². The lowest BCUT2D eigenvalue weighted by molar-refractivity contribution is 0.0931. The van der Waals surface area contributed by atoms with Crippen molar-refractivity contribution in [2.45, 2.75) is 23.8 Å². The first kappa shape index (κ1) is 20.1. The van der Waals surface area contributed by atoms with Crippen molar-refractivity contribution in [3.8, 4) is 0 Å². The summed E-state index contributed by atoms with van der Waals surface area (Å²) in [6.07, 6.45) is 2.15. The molecule has 1 aliphatic rings. The zero-order chi connectivity index (χ0) is 21.1. The molecule has 5 nitrogen and oxygen atoms in total. The molecule has 1 saturated carbocycles. The minimum atomic E-state index is -3.84. The fraction of sp³-hybridized carbons (Fsp3) is 0.174. The number of hydrogen-bond donors (Lipinski definition) is 2. The number of carbonyl (C=O) groups excluding carboxylic acids is 1. The third kappa shape index (κ3) is 4.68. The van der Waals surface area contributed by atoms with E-state index in [1.54, 1.807) is 0 Å². The van der Waals surface area contributed by atoms with Gasteiger partial charge in [-0.25, -0.2) is 12.8 Å². The number of carbonyl (C=O) groups is 1. The molecule has 1 atom stereocenters. The van der Waals surface area contributed by atoms with Gasteiger partial charge in [-0.2, -0.15) is 0 Å². The highest BCUT2D eigenvalue weighted by atomic mass is 32.2. The number of benzene rings is 3. The SMILES string of the molecule is O=C(NC(c1ccccc1)C1CC1)c1ccc(S(=O)(=O)Nc2ccc(F)cc2)cc1. The summed E-state index contributed by atoms with van der Waals surface area (Å²) in [5.74, 6) is -0.268. The van der Waals surface area contributed by atoms with Crippen LogP contribution in [0.3, 0.4) is 0 Å². The van der Waals surface area contributed by atoms with Gasteiger partial charge in [0.2, 0.25) is 0 Å². The Morgan fingerprint density at radius 2 is 1.53 bits per heavy atom. The zero-order valence-electron chi connectivity index (χ0n) is 16.1. The number of nitrogens with one attached hydrogen (secondary N) is 2. The summed E-state index contributed by atoms with van der Waals surface area (Å²) in [5.41, 5.74) is 1.71. The largest absolute Gasteiger partial charge is 0.345 e. The molecule has 0 saturated heterocycles. The third-order valence-corrected chi connectivity index (χ3v) is 6.46. The van der Waals surface area contributed by atoms with Crippen LogP contribution in [0.15, 0.2) is 83.8 Å². The lowest BCUT2D eigenvalue weighted by atomic mass is 10.0. The Bertz CT molecular complexity index is 1130. The highest BCUT2D eigenvalue weighted by molar-refractivity contribution is 7.92. The minimum absolute atomic E-state index is 0.0187. The van der Waals surface area contributed by atoms with E-state index < -0.39 is 15.8 Å². The predicted octanol–water partition coefficient (Wildman–Crippen LogP) is 4.51. The maximum Gasteiger partial charge on any atom is 0.261 e. The molecule has 154 valence electrons. The molecule has 0 heterocycles. The van der Waals surface area contributed by atoms with Crippen LogP contribution in [-0.4, -0.2) is 14.3 Å². The van der Waals surface area contributed by atoms with E-state index in [2.05, 4.69) is 10.0 Å². The Morgan fingerprint density at radius 1 is 0.900 bits per heavy atom. The number of sulfonamides is 1. The number of amides is 1. The molecule has 0 bridgehead atoms. The second-order valence-corrected chi connectivity index (χ2v) is 9.02. The standard InChI is InChI=1S/C23H21FN2O3S/c24-19-10-12-20(13-11-19)26-30(28,29)21-14-8-18(9-15-21)23(27)25-22(17-6-7-17)16-4-2-1-3-5-16/h1-5,8-15,17,22,26H,6-7H2,(H,25,27). The average molecular weight is 424 g/mol. The van der Waals surface area contributed by atoms with E-state index in [-0.39, 0.29) is 22.5 Å². The smallest absolute Gasteiger partial charge is 0.261 e. The van der Waals surface area contributed by atoms with Gasteiger partial charge in [0.05, 0.1) is 10.9 Å². The molecule has 0 aromatic heterocycles. The minimum Gasteiger partial charge on any atom is -0.345 e. The van der Waals surface area contributed by atoms with Crippen molar-refractivity contribution >= 4 is 21.6 Å². The molecule has 1 aliphatic carbocycles. The van der Waals surface area contributed by atoms with Crippen LogP contribution in [0, 0.1) is 11.7 Å². The molecule has 4 rings (SSSR count). The number of anilines is 1. The van der Waals surface area contributed by atoms with Crippen molar-refractivity contribution in [3.05, 3.63) is 95.8 Å². The molecule has 7 heteroatoms. The van der Waals surface area contributed by atoms with E-state index >= 15 is 0 Å². The monoisotopic (exact) mass is 424 g/mol. The van der Waals surface area contributed by atoms with Gasteiger partial charge in [0.1, 0.15) is 5.82 Å². The van der Waals surface area contributed by atoms with E-state index in [0.717, 1.165) is 18.4 Å². The molecule has 1 amide bonds. The summed E-state index contributed by atoms with van der Waals surface area (Å²) in [4.78, 5) is 12.8. The van der Waals surface area contributed by atoms with Crippen molar-refractivity contribution in [2.75, 3.05) is 4.72 Å². The van der Waals surface area contributed by atoms with E-state index in [9.17, 15) is 17.6 Å². The Labute approximate surface area is 175 Å². The van der Waals surface area contributed by atoms with Gasteiger partial charge < -0.3 is 5.32 Å². The second kappa shape index (κ2) is 8.28. The van der Waals surface area contributed by atoms with Crippen LogP contribution < -0.4 is 10.0 Å². The Morgan fingerprint density at radius 3 is 2.13 bits per heavy atom.